The summed E-state index contributed by atoms with van der Waals surface area (Å²) in [7, 11) is 0. The molecular weight excluding hydrogens is 276 g/mol. The van der Waals surface area contributed by atoms with E-state index in [4.69, 9.17) is 4.74 Å². The number of anilines is 2. The fourth-order valence-electron chi connectivity index (χ4n) is 2.91. The van der Waals surface area contributed by atoms with Crippen LogP contribution in [0.4, 0.5) is 16.2 Å². The van der Waals surface area contributed by atoms with Gasteiger partial charge in [0.1, 0.15) is 5.60 Å². The van der Waals surface area contributed by atoms with Crippen LogP contribution in [0.5, 0.6) is 0 Å². The van der Waals surface area contributed by atoms with Gasteiger partial charge in [-0.25, -0.2) is 4.79 Å². The monoisotopic (exact) mass is 304 g/mol. The lowest BCUT2D eigenvalue weighted by Gasteiger charge is -2.22. The zero-order valence-corrected chi connectivity index (χ0v) is 14.1. The van der Waals surface area contributed by atoms with E-state index in [0.717, 1.165) is 17.3 Å². The summed E-state index contributed by atoms with van der Waals surface area (Å²) in [6, 6.07) is 8.28. The van der Waals surface area contributed by atoms with Crippen molar-refractivity contribution in [2.45, 2.75) is 65.0 Å². The van der Waals surface area contributed by atoms with Crippen LogP contribution in [-0.4, -0.2) is 17.7 Å². The number of benzene rings is 1. The molecule has 1 amide bonds. The van der Waals surface area contributed by atoms with Gasteiger partial charge in [0.25, 0.3) is 0 Å². The molecule has 0 heterocycles. The molecule has 1 saturated carbocycles. The van der Waals surface area contributed by atoms with Crippen molar-refractivity contribution >= 4 is 17.5 Å². The van der Waals surface area contributed by atoms with Gasteiger partial charge in [-0.15, -0.1) is 0 Å². The molecule has 0 radical (unpaired) electrons. The standard InChI is InChI=1S/C18H28N2O2/c1-13(14-7-5-6-8-14)19-15-9-11-16(12-10-15)20-17(21)22-18(2,3)4/h9-14,19H,5-8H2,1-4H3,(H,20,21). The zero-order valence-electron chi connectivity index (χ0n) is 14.1. The Bertz CT molecular complexity index is 485. The Hall–Kier alpha value is -1.71. The van der Waals surface area contributed by atoms with E-state index in [1.54, 1.807) is 0 Å². The van der Waals surface area contributed by atoms with Crippen LogP contribution in [0.15, 0.2) is 24.3 Å². The second kappa shape index (κ2) is 7.03. The highest BCUT2D eigenvalue weighted by Crippen LogP contribution is 2.29. The minimum absolute atomic E-state index is 0.424. The number of nitrogens with one attached hydrogen (secondary N) is 2. The van der Waals surface area contributed by atoms with E-state index >= 15 is 0 Å². The molecule has 122 valence electrons. The molecule has 1 fully saturated rings. The number of amides is 1. The Kier molecular flexibility index (Phi) is 5.33. The maximum absolute atomic E-state index is 11.7. The van der Waals surface area contributed by atoms with E-state index in [9.17, 15) is 4.79 Å². The van der Waals surface area contributed by atoms with Crippen LogP contribution in [0.2, 0.25) is 0 Å². The van der Waals surface area contributed by atoms with Crippen molar-refractivity contribution in [3.8, 4) is 0 Å². The van der Waals surface area contributed by atoms with Crippen LogP contribution in [0, 0.1) is 5.92 Å². The van der Waals surface area contributed by atoms with Crippen molar-refractivity contribution in [1.29, 1.82) is 0 Å². The summed E-state index contributed by atoms with van der Waals surface area (Å²) in [6.45, 7) is 7.81. The van der Waals surface area contributed by atoms with Gasteiger partial charge >= 0.3 is 6.09 Å². The predicted octanol–water partition coefficient (Wildman–Crippen LogP) is 5.02. The summed E-state index contributed by atoms with van der Waals surface area (Å²) in [5.41, 5.74) is 1.35. The third kappa shape index (κ3) is 5.24. The second-order valence-electron chi connectivity index (χ2n) is 7.18. The van der Waals surface area contributed by atoms with Gasteiger partial charge in [0.05, 0.1) is 0 Å². The smallest absolute Gasteiger partial charge is 0.412 e. The van der Waals surface area contributed by atoms with E-state index in [1.165, 1.54) is 25.7 Å². The molecule has 0 aliphatic heterocycles. The highest BCUT2D eigenvalue weighted by Gasteiger charge is 2.21. The van der Waals surface area contributed by atoms with Crippen molar-refractivity contribution in [3.05, 3.63) is 24.3 Å². The Balaban J connectivity index is 1.86. The van der Waals surface area contributed by atoms with Crippen molar-refractivity contribution < 1.29 is 9.53 Å². The molecule has 1 atom stereocenters. The molecular formula is C18H28N2O2. The van der Waals surface area contributed by atoms with Crippen molar-refractivity contribution in [3.63, 3.8) is 0 Å². The van der Waals surface area contributed by atoms with Crippen LogP contribution in [0.1, 0.15) is 53.4 Å². The summed E-state index contributed by atoms with van der Waals surface area (Å²) in [5, 5.41) is 6.30. The molecule has 22 heavy (non-hydrogen) atoms. The first kappa shape index (κ1) is 16.7. The van der Waals surface area contributed by atoms with Gasteiger partial charge in [-0.05, 0) is 70.7 Å². The number of ether oxygens (including phenoxy) is 1. The first-order valence-corrected chi connectivity index (χ1v) is 8.20. The van der Waals surface area contributed by atoms with Crippen molar-refractivity contribution in [1.82, 2.24) is 0 Å². The number of rotatable bonds is 4. The SMILES string of the molecule is CC(Nc1ccc(NC(=O)OC(C)(C)C)cc1)C1CCCC1. The molecule has 0 spiro atoms. The summed E-state index contributed by atoms with van der Waals surface area (Å²) >= 11 is 0. The average molecular weight is 304 g/mol. The first-order chi connectivity index (χ1) is 10.3. The number of hydrogen-bond donors (Lipinski definition) is 2. The Morgan fingerprint density at radius 3 is 2.23 bits per heavy atom. The Morgan fingerprint density at radius 2 is 1.68 bits per heavy atom. The van der Waals surface area contributed by atoms with Gasteiger partial charge in [-0.2, -0.15) is 0 Å². The largest absolute Gasteiger partial charge is 0.444 e. The summed E-state index contributed by atoms with van der Waals surface area (Å²) in [4.78, 5) is 11.7. The Labute approximate surface area is 133 Å². The molecule has 1 aromatic carbocycles. The summed E-state index contributed by atoms with van der Waals surface area (Å²) in [5.74, 6) is 0.777. The average Bonchev–Trinajstić information content (AvgIpc) is 2.92. The van der Waals surface area contributed by atoms with Crippen LogP contribution < -0.4 is 10.6 Å². The summed E-state index contributed by atoms with van der Waals surface area (Å²) < 4.78 is 5.24. The lowest BCUT2D eigenvalue weighted by atomic mass is 9.99. The lowest BCUT2D eigenvalue weighted by Crippen LogP contribution is -2.27. The lowest BCUT2D eigenvalue weighted by molar-refractivity contribution is 0.0636. The van der Waals surface area contributed by atoms with E-state index in [2.05, 4.69) is 17.6 Å². The molecule has 4 heteroatoms. The Morgan fingerprint density at radius 1 is 1.14 bits per heavy atom. The second-order valence-corrected chi connectivity index (χ2v) is 7.18. The number of hydrogen-bond acceptors (Lipinski definition) is 3. The van der Waals surface area contributed by atoms with Gasteiger partial charge in [0.2, 0.25) is 0 Å². The predicted molar refractivity (Wildman–Crippen MR) is 91.3 cm³/mol. The third-order valence-corrected chi connectivity index (χ3v) is 4.03. The fraction of sp³-hybridized carbons (Fsp3) is 0.611. The molecule has 0 bridgehead atoms. The van der Waals surface area contributed by atoms with E-state index in [1.807, 2.05) is 45.0 Å². The molecule has 0 saturated heterocycles. The van der Waals surface area contributed by atoms with Crippen LogP contribution in [0.3, 0.4) is 0 Å². The zero-order chi connectivity index (χ0) is 16.2. The molecule has 1 aromatic rings. The van der Waals surface area contributed by atoms with Crippen LogP contribution in [-0.2, 0) is 4.74 Å². The minimum Gasteiger partial charge on any atom is -0.444 e. The quantitative estimate of drug-likeness (QED) is 0.820. The number of carbonyl (C=O) groups excluding carboxylic acids is 1. The van der Waals surface area contributed by atoms with E-state index < -0.39 is 11.7 Å². The van der Waals surface area contributed by atoms with Gasteiger partial charge in [-0.3, -0.25) is 5.32 Å². The van der Waals surface area contributed by atoms with Gasteiger partial charge in [0, 0.05) is 17.4 Å². The van der Waals surface area contributed by atoms with E-state index in [-0.39, 0.29) is 0 Å². The highest BCUT2D eigenvalue weighted by atomic mass is 16.6. The fourth-order valence-corrected chi connectivity index (χ4v) is 2.91. The maximum atomic E-state index is 11.7. The molecule has 1 aliphatic rings. The highest BCUT2D eigenvalue weighted by molar-refractivity contribution is 5.85. The molecule has 1 unspecified atom stereocenters. The molecule has 0 aromatic heterocycles. The number of carbonyl (C=O) groups is 1. The van der Waals surface area contributed by atoms with E-state index in [0.29, 0.717) is 6.04 Å². The molecule has 1 aliphatic carbocycles. The van der Waals surface area contributed by atoms with Crippen molar-refractivity contribution in [2.75, 3.05) is 10.6 Å². The normalized spacial score (nSPS) is 17.1. The van der Waals surface area contributed by atoms with Gasteiger partial charge in [-0.1, -0.05) is 12.8 Å². The third-order valence-electron chi connectivity index (χ3n) is 4.03. The molecule has 2 N–H and O–H groups in total. The van der Waals surface area contributed by atoms with Crippen molar-refractivity contribution in [2.24, 2.45) is 5.92 Å². The minimum atomic E-state index is -0.484. The van der Waals surface area contributed by atoms with Crippen LogP contribution in [0.25, 0.3) is 0 Å². The maximum Gasteiger partial charge on any atom is 0.412 e. The van der Waals surface area contributed by atoms with Gasteiger partial charge < -0.3 is 10.1 Å². The molecule has 4 nitrogen and oxygen atoms in total. The summed E-state index contributed by atoms with van der Waals surface area (Å²) in [6.07, 6.45) is 4.94. The molecule has 2 rings (SSSR count). The first-order valence-electron chi connectivity index (χ1n) is 8.20. The topological polar surface area (TPSA) is 50.4 Å². The van der Waals surface area contributed by atoms with Crippen LogP contribution >= 0.6 is 0 Å². The van der Waals surface area contributed by atoms with Gasteiger partial charge in [0.15, 0.2) is 0 Å².